The van der Waals surface area contributed by atoms with Crippen molar-refractivity contribution in [1.82, 2.24) is 41.2 Å². The van der Waals surface area contributed by atoms with Crippen LogP contribution < -0.4 is 31.9 Å². The number of phenols is 1. The average molecular weight is 1050 g/mol. The zero-order chi connectivity index (χ0) is 54.6. The molecule has 4 rings (SSSR count). The standard InChI is InChI=1S/C51H68N8O14S/c1-6-8-18-38(57-49(68)42(27-33-21-23-35(60)24-22-33)59(74(70,71)72)50(69)73-51(3,4)5)45(64)54-31-43(61)55-40(28-34-30-53-37-20-14-13-17-36(34)37)48(67)56-39(19-9-7-2)47(66)58-41(29-44(62)63)46(65)52-26-25-32-15-11-10-12-16-32/h10-17,20-24,30,38-42,53,60H,6-9,18-19,25-29,31H2,1-5H3,(H,52,65)(H,54,64)(H,55,61)(H,56,67)(H,57,68)(H,58,66)(H,62,63)(H,70,71,72). The van der Waals surface area contributed by atoms with Crippen molar-refractivity contribution in [2.75, 3.05) is 13.1 Å². The van der Waals surface area contributed by atoms with Crippen molar-refractivity contribution < 1.29 is 66.3 Å². The SMILES string of the molecule is CCCCC(NC(=O)C(Cc1c[nH]c2ccccc12)NC(=O)CNC(=O)C(CCCC)NC(=O)C(Cc1ccc(O)cc1)N(C(=O)OC(C)(C)C)S(=O)(=O)O)C(=O)NC(CC(=O)O)C(=O)NCCc1ccccc1. The van der Waals surface area contributed by atoms with Crippen LogP contribution in [0.15, 0.2) is 85.1 Å². The molecule has 10 N–H and O–H groups in total. The van der Waals surface area contributed by atoms with Crippen molar-refractivity contribution in [3.8, 4) is 5.75 Å². The van der Waals surface area contributed by atoms with Crippen LogP contribution in [-0.2, 0) is 67.9 Å². The van der Waals surface area contributed by atoms with Crippen LogP contribution in [-0.4, -0.2) is 129 Å². The van der Waals surface area contributed by atoms with Gasteiger partial charge in [0.15, 0.2) is 0 Å². The number of hydrogen-bond donors (Lipinski definition) is 10. The minimum absolute atomic E-state index is 0.0323. The Bertz CT molecular complexity index is 2670. The van der Waals surface area contributed by atoms with Crippen LogP contribution in [0.5, 0.6) is 5.75 Å². The van der Waals surface area contributed by atoms with Crippen molar-refractivity contribution in [3.63, 3.8) is 0 Å². The third-order valence-electron chi connectivity index (χ3n) is 11.5. The van der Waals surface area contributed by atoms with Gasteiger partial charge in [0.25, 0.3) is 0 Å². The highest BCUT2D eigenvalue weighted by atomic mass is 32.2. The Labute approximate surface area is 430 Å². The number of nitrogens with one attached hydrogen (secondary N) is 7. The lowest BCUT2D eigenvalue weighted by atomic mass is 10.0. The number of rotatable bonds is 28. The van der Waals surface area contributed by atoms with E-state index in [1.807, 2.05) is 37.3 Å². The van der Waals surface area contributed by atoms with Crippen LogP contribution in [0.25, 0.3) is 10.9 Å². The molecule has 0 saturated carbocycles. The number of aromatic nitrogens is 1. The summed E-state index contributed by atoms with van der Waals surface area (Å²) in [7, 11) is -5.49. The van der Waals surface area contributed by atoms with E-state index in [1.165, 1.54) is 45.0 Å². The zero-order valence-electron chi connectivity index (χ0n) is 42.1. The van der Waals surface area contributed by atoms with E-state index in [2.05, 4.69) is 36.9 Å². The topological polar surface area (TPSA) is 332 Å². The number of fused-ring (bicyclic) bond motifs is 1. The molecule has 0 saturated heterocycles. The van der Waals surface area contributed by atoms with Gasteiger partial charge in [-0.15, -0.1) is 0 Å². The fourth-order valence-electron chi connectivity index (χ4n) is 7.74. The Morgan fingerprint density at radius 2 is 1.24 bits per heavy atom. The molecule has 74 heavy (non-hydrogen) atoms. The summed E-state index contributed by atoms with van der Waals surface area (Å²) in [4.78, 5) is 111. The highest BCUT2D eigenvalue weighted by Gasteiger charge is 2.42. The average Bonchev–Trinajstić information content (AvgIpc) is 3.74. The van der Waals surface area contributed by atoms with Crippen molar-refractivity contribution >= 4 is 68.7 Å². The maximum Gasteiger partial charge on any atom is 0.426 e. The Kier molecular flexibility index (Phi) is 22.4. The summed E-state index contributed by atoms with van der Waals surface area (Å²) in [5, 5.41) is 35.6. The fourth-order valence-corrected chi connectivity index (χ4v) is 8.46. The highest BCUT2D eigenvalue weighted by Crippen LogP contribution is 2.22. The van der Waals surface area contributed by atoms with Crippen molar-refractivity contribution in [2.45, 2.75) is 135 Å². The summed E-state index contributed by atoms with van der Waals surface area (Å²) in [6.45, 7) is 7.36. The number of carboxylic acids is 1. The largest absolute Gasteiger partial charge is 0.508 e. The van der Waals surface area contributed by atoms with E-state index in [4.69, 9.17) is 4.74 Å². The number of hydrogen-bond acceptors (Lipinski definition) is 12. The van der Waals surface area contributed by atoms with Crippen LogP contribution >= 0.6 is 0 Å². The van der Waals surface area contributed by atoms with Gasteiger partial charge in [-0.1, -0.05) is 100 Å². The summed E-state index contributed by atoms with van der Waals surface area (Å²) in [5.41, 5.74) is 1.22. The number of amides is 7. The molecule has 0 fully saturated rings. The lowest BCUT2D eigenvalue weighted by molar-refractivity contribution is -0.141. The molecule has 1 aromatic heterocycles. The molecule has 402 valence electrons. The quantitative estimate of drug-likeness (QED) is 0.0365. The molecule has 0 radical (unpaired) electrons. The molecule has 22 nitrogen and oxygen atoms in total. The zero-order valence-corrected chi connectivity index (χ0v) is 43.0. The highest BCUT2D eigenvalue weighted by molar-refractivity contribution is 7.84. The molecule has 23 heteroatoms. The smallest absolute Gasteiger partial charge is 0.426 e. The number of H-pyrrole nitrogens is 1. The van der Waals surface area contributed by atoms with Crippen LogP contribution in [0.1, 0.15) is 96.3 Å². The number of carboxylic acid groups (broad SMARTS) is 1. The normalized spacial score (nSPS) is 13.5. The third-order valence-corrected chi connectivity index (χ3v) is 12.4. The summed E-state index contributed by atoms with van der Waals surface area (Å²) < 4.78 is 40.9. The van der Waals surface area contributed by atoms with E-state index in [0.29, 0.717) is 37.7 Å². The Hall–Kier alpha value is -7.53. The number of benzene rings is 3. The van der Waals surface area contributed by atoms with Gasteiger partial charge in [0.2, 0.25) is 35.4 Å². The number of carbonyl (C=O) groups is 8. The van der Waals surface area contributed by atoms with E-state index >= 15 is 0 Å². The van der Waals surface area contributed by atoms with Gasteiger partial charge in [-0.3, -0.25) is 38.1 Å². The first-order chi connectivity index (χ1) is 35.0. The number of carbonyl (C=O) groups excluding carboxylic acids is 7. The number of phenolic OH excluding ortho intramolecular Hbond substituents is 1. The van der Waals surface area contributed by atoms with E-state index in [0.717, 1.165) is 16.5 Å². The van der Waals surface area contributed by atoms with E-state index in [-0.39, 0.29) is 41.4 Å². The monoisotopic (exact) mass is 1050 g/mol. The number of nitrogens with zero attached hydrogens (tertiary/aromatic N) is 1. The first kappa shape index (κ1) is 59.0. The molecule has 0 spiro atoms. The molecule has 0 aliphatic heterocycles. The number of aliphatic carboxylic acids is 1. The molecule has 0 aliphatic carbocycles. The molecule has 7 amide bonds. The van der Waals surface area contributed by atoms with Gasteiger partial charge in [0, 0.05) is 36.5 Å². The second-order valence-electron chi connectivity index (χ2n) is 18.6. The van der Waals surface area contributed by atoms with E-state index in [9.17, 15) is 61.5 Å². The van der Waals surface area contributed by atoms with Crippen LogP contribution in [0.2, 0.25) is 0 Å². The third kappa shape index (κ3) is 19.1. The van der Waals surface area contributed by atoms with Crippen LogP contribution in [0.3, 0.4) is 0 Å². The molecular formula is C51H68N8O14S. The summed E-state index contributed by atoms with van der Waals surface area (Å²) in [6, 6.07) is 14.0. The maximum atomic E-state index is 14.3. The van der Waals surface area contributed by atoms with Gasteiger partial charge < -0.3 is 51.8 Å². The summed E-state index contributed by atoms with van der Waals surface area (Å²) >= 11 is 0. The second-order valence-corrected chi connectivity index (χ2v) is 19.9. The number of aromatic hydroxyl groups is 1. The van der Waals surface area contributed by atoms with Crippen LogP contribution in [0, 0.1) is 0 Å². The Morgan fingerprint density at radius 3 is 1.85 bits per heavy atom. The molecule has 0 bridgehead atoms. The van der Waals surface area contributed by atoms with Gasteiger partial charge >= 0.3 is 22.4 Å². The van der Waals surface area contributed by atoms with Gasteiger partial charge in [0.1, 0.15) is 41.6 Å². The molecule has 1 heterocycles. The summed E-state index contributed by atoms with van der Waals surface area (Å²) in [5.74, 6) is -6.89. The van der Waals surface area contributed by atoms with Gasteiger partial charge in [-0.2, -0.15) is 12.7 Å². The predicted octanol–water partition coefficient (Wildman–Crippen LogP) is 3.34. The van der Waals surface area contributed by atoms with Gasteiger partial charge in [-0.25, -0.2) is 4.79 Å². The number of ether oxygens (including phenoxy) is 1. The maximum absolute atomic E-state index is 14.3. The molecule has 3 aromatic carbocycles. The second kappa shape index (κ2) is 28.1. The molecule has 5 unspecified atom stereocenters. The fraction of sp³-hybridized carbons (Fsp3) is 0.451. The molecule has 5 atom stereocenters. The Balaban J connectivity index is 1.55. The predicted molar refractivity (Wildman–Crippen MR) is 272 cm³/mol. The van der Waals surface area contributed by atoms with Crippen molar-refractivity contribution in [3.05, 3.63) is 102 Å². The van der Waals surface area contributed by atoms with E-state index in [1.54, 1.807) is 37.4 Å². The van der Waals surface area contributed by atoms with Crippen molar-refractivity contribution in [1.29, 1.82) is 0 Å². The number of para-hydroxylation sites is 1. The van der Waals surface area contributed by atoms with Crippen LogP contribution in [0.4, 0.5) is 4.79 Å². The first-order valence-corrected chi connectivity index (χ1v) is 25.7. The lowest BCUT2D eigenvalue weighted by Gasteiger charge is -2.31. The number of unbranched alkanes of at least 4 members (excludes halogenated alkanes) is 2. The Morgan fingerprint density at radius 1 is 0.676 bits per heavy atom. The number of aromatic amines is 1. The van der Waals surface area contributed by atoms with Crippen molar-refractivity contribution in [2.24, 2.45) is 0 Å². The first-order valence-electron chi connectivity index (χ1n) is 24.3. The minimum Gasteiger partial charge on any atom is -0.508 e. The molecule has 4 aromatic rings. The van der Waals surface area contributed by atoms with E-state index < -0.39 is 113 Å². The molecular weight excluding hydrogens is 981 g/mol. The minimum atomic E-state index is -5.49. The lowest BCUT2D eigenvalue weighted by Crippen LogP contribution is -2.59. The molecule has 0 aliphatic rings. The van der Waals surface area contributed by atoms with Gasteiger partial charge in [0.05, 0.1) is 13.0 Å². The summed E-state index contributed by atoms with van der Waals surface area (Å²) in [6.07, 6.45) is 1.03. The van der Waals surface area contributed by atoms with Gasteiger partial charge in [-0.05, 0) is 74.9 Å².